The summed E-state index contributed by atoms with van der Waals surface area (Å²) in [4.78, 5) is 11.9. The van der Waals surface area contributed by atoms with Crippen molar-refractivity contribution in [3.8, 4) is 11.5 Å². The summed E-state index contributed by atoms with van der Waals surface area (Å²) in [6.07, 6.45) is 0. The molecule has 0 aliphatic heterocycles. The van der Waals surface area contributed by atoms with Crippen LogP contribution in [0.3, 0.4) is 0 Å². The monoisotopic (exact) mass is 336 g/mol. The van der Waals surface area contributed by atoms with Crippen LogP contribution in [0.4, 0.5) is 0 Å². The van der Waals surface area contributed by atoms with Crippen LogP contribution in [0.1, 0.15) is 22.8 Å². The lowest BCUT2D eigenvalue weighted by molar-refractivity contribution is 0.0526. The molecule has 0 bridgehead atoms. The first kappa shape index (κ1) is 16.8. The molecule has 4 heteroatoms. The quantitative estimate of drug-likeness (QED) is 0.617. The molecule has 0 unspecified atom stereocenters. The number of carbonyl (C=O) groups excluding carboxylic acids is 1. The van der Waals surface area contributed by atoms with Gasteiger partial charge in [-0.15, -0.1) is 0 Å². The smallest absolute Gasteiger partial charge is 0.338 e. The SMILES string of the molecule is CCOC(=O)c1ccc2cc(OCc3ccccc3)c(OC)cc2c1. The third-order valence-corrected chi connectivity index (χ3v) is 3.87. The van der Waals surface area contributed by atoms with E-state index in [0.717, 1.165) is 16.3 Å². The van der Waals surface area contributed by atoms with Gasteiger partial charge in [0.1, 0.15) is 6.61 Å². The number of methoxy groups -OCH3 is 1. The van der Waals surface area contributed by atoms with Gasteiger partial charge in [-0.2, -0.15) is 0 Å². The molecule has 3 rings (SSSR count). The highest BCUT2D eigenvalue weighted by atomic mass is 16.5. The van der Waals surface area contributed by atoms with Crippen molar-refractivity contribution in [2.75, 3.05) is 13.7 Å². The van der Waals surface area contributed by atoms with Crippen molar-refractivity contribution in [3.05, 3.63) is 71.8 Å². The minimum absolute atomic E-state index is 0.326. The van der Waals surface area contributed by atoms with Gasteiger partial charge in [-0.1, -0.05) is 36.4 Å². The third-order valence-electron chi connectivity index (χ3n) is 3.87. The molecule has 0 saturated carbocycles. The Morgan fingerprint density at radius 2 is 1.68 bits per heavy atom. The maximum atomic E-state index is 11.9. The Bertz CT molecular complexity index is 872. The molecule has 0 atom stereocenters. The van der Waals surface area contributed by atoms with E-state index in [1.807, 2.05) is 48.5 Å². The highest BCUT2D eigenvalue weighted by Crippen LogP contribution is 2.33. The molecule has 0 saturated heterocycles. The predicted molar refractivity (Wildman–Crippen MR) is 97.2 cm³/mol. The molecular weight excluding hydrogens is 316 g/mol. The van der Waals surface area contributed by atoms with Crippen molar-refractivity contribution in [1.82, 2.24) is 0 Å². The average molecular weight is 336 g/mol. The van der Waals surface area contributed by atoms with Gasteiger partial charge < -0.3 is 14.2 Å². The van der Waals surface area contributed by atoms with E-state index in [2.05, 4.69) is 0 Å². The summed E-state index contributed by atoms with van der Waals surface area (Å²) in [5.74, 6) is 0.972. The molecule has 128 valence electrons. The fraction of sp³-hybridized carbons (Fsp3) is 0.190. The Kier molecular flexibility index (Phi) is 5.19. The molecule has 0 heterocycles. The number of hydrogen-bond acceptors (Lipinski definition) is 4. The molecular formula is C21H20O4. The molecule has 0 amide bonds. The lowest BCUT2D eigenvalue weighted by Crippen LogP contribution is -2.04. The predicted octanol–water partition coefficient (Wildman–Crippen LogP) is 4.60. The Labute approximate surface area is 146 Å². The van der Waals surface area contributed by atoms with E-state index >= 15 is 0 Å². The van der Waals surface area contributed by atoms with Crippen molar-refractivity contribution in [2.45, 2.75) is 13.5 Å². The van der Waals surface area contributed by atoms with Crippen LogP contribution in [-0.4, -0.2) is 19.7 Å². The fourth-order valence-electron chi connectivity index (χ4n) is 2.60. The van der Waals surface area contributed by atoms with E-state index in [1.165, 1.54) is 0 Å². The first-order valence-corrected chi connectivity index (χ1v) is 8.17. The van der Waals surface area contributed by atoms with Crippen LogP contribution in [0.2, 0.25) is 0 Å². The summed E-state index contributed by atoms with van der Waals surface area (Å²) in [6.45, 7) is 2.61. The number of ether oxygens (including phenoxy) is 3. The topological polar surface area (TPSA) is 44.8 Å². The van der Waals surface area contributed by atoms with Crippen molar-refractivity contribution >= 4 is 16.7 Å². The summed E-state index contributed by atoms with van der Waals surface area (Å²) in [5.41, 5.74) is 1.61. The fourth-order valence-corrected chi connectivity index (χ4v) is 2.60. The normalized spacial score (nSPS) is 10.5. The van der Waals surface area contributed by atoms with Gasteiger partial charge in [0.2, 0.25) is 0 Å². The second kappa shape index (κ2) is 7.71. The van der Waals surface area contributed by atoms with E-state index in [-0.39, 0.29) is 5.97 Å². The van der Waals surface area contributed by atoms with Crippen LogP contribution in [0.15, 0.2) is 60.7 Å². The van der Waals surface area contributed by atoms with Crippen molar-refractivity contribution in [3.63, 3.8) is 0 Å². The van der Waals surface area contributed by atoms with Crippen molar-refractivity contribution < 1.29 is 19.0 Å². The number of benzene rings is 3. The summed E-state index contributed by atoms with van der Waals surface area (Å²) in [6, 6.07) is 19.2. The lowest BCUT2D eigenvalue weighted by Gasteiger charge is -2.13. The van der Waals surface area contributed by atoms with Gasteiger partial charge in [-0.05, 0) is 47.5 Å². The molecule has 4 nitrogen and oxygen atoms in total. The van der Waals surface area contributed by atoms with E-state index in [1.54, 1.807) is 26.2 Å². The minimum Gasteiger partial charge on any atom is -0.493 e. The van der Waals surface area contributed by atoms with Gasteiger partial charge in [0.25, 0.3) is 0 Å². The van der Waals surface area contributed by atoms with Gasteiger partial charge in [0.05, 0.1) is 19.3 Å². The average Bonchev–Trinajstić information content (AvgIpc) is 2.66. The van der Waals surface area contributed by atoms with Crippen LogP contribution >= 0.6 is 0 Å². The van der Waals surface area contributed by atoms with Crippen LogP contribution in [-0.2, 0) is 11.3 Å². The Hall–Kier alpha value is -3.01. The van der Waals surface area contributed by atoms with E-state index in [9.17, 15) is 4.79 Å². The largest absolute Gasteiger partial charge is 0.493 e. The standard InChI is InChI=1S/C21H20O4/c1-3-24-21(22)17-10-9-16-12-20(19(23-2)13-18(16)11-17)25-14-15-7-5-4-6-8-15/h4-13H,3,14H2,1-2H3. The molecule has 0 aromatic heterocycles. The third kappa shape index (κ3) is 3.91. The van der Waals surface area contributed by atoms with Gasteiger partial charge >= 0.3 is 5.97 Å². The van der Waals surface area contributed by atoms with E-state index in [0.29, 0.717) is 30.3 Å². The maximum Gasteiger partial charge on any atom is 0.338 e. The Balaban J connectivity index is 1.89. The molecule has 0 radical (unpaired) electrons. The molecule has 3 aromatic rings. The number of esters is 1. The van der Waals surface area contributed by atoms with Gasteiger partial charge in [-0.25, -0.2) is 4.79 Å². The second-order valence-corrected chi connectivity index (χ2v) is 5.56. The van der Waals surface area contributed by atoms with Crippen molar-refractivity contribution in [2.24, 2.45) is 0 Å². The molecule has 0 spiro atoms. The first-order valence-electron chi connectivity index (χ1n) is 8.17. The molecule has 0 fully saturated rings. The first-order chi connectivity index (χ1) is 12.2. The summed E-state index contributed by atoms with van der Waals surface area (Å²) in [7, 11) is 1.60. The summed E-state index contributed by atoms with van der Waals surface area (Å²) >= 11 is 0. The second-order valence-electron chi connectivity index (χ2n) is 5.56. The van der Waals surface area contributed by atoms with E-state index in [4.69, 9.17) is 14.2 Å². The van der Waals surface area contributed by atoms with E-state index < -0.39 is 0 Å². The molecule has 25 heavy (non-hydrogen) atoms. The number of fused-ring (bicyclic) bond motifs is 1. The van der Waals surface area contributed by atoms with Gasteiger partial charge in [0, 0.05) is 0 Å². The zero-order chi connectivity index (χ0) is 17.6. The van der Waals surface area contributed by atoms with Gasteiger partial charge in [-0.3, -0.25) is 0 Å². The van der Waals surface area contributed by atoms with Crippen LogP contribution in [0.25, 0.3) is 10.8 Å². The highest BCUT2D eigenvalue weighted by molar-refractivity contribution is 5.96. The summed E-state index contributed by atoms with van der Waals surface area (Å²) < 4.78 is 16.4. The van der Waals surface area contributed by atoms with Crippen LogP contribution in [0, 0.1) is 0 Å². The number of rotatable bonds is 6. The molecule has 0 aliphatic rings. The van der Waals surface area contributed by atoms with Crippen LogP contribution < -0.4 is 9.47 Å². The minimum atomic E-state index is -0.326. The van der Waals surface area contributed by atoms with Crippen LogP contribution in [0.5, 0.6) is 11.5 Å². The Morgan fingerprint density at radius 3 is 2.40 bits per heavy atom. The molecule has 0 N–H and O–H groups in total. The highest BCUT2D eigenvalue weighted by Gasteiger charge is 2.11. The zero-order valence-corrected chi connectivity index (χ0v) is 14.3. The zero-order valence-electron chi connectivity index (χ0n) is 14.3. The molecule has 3 aromatic carbocycles. The maximum absolute atomic E-state index is 11.9. The number of hydrogen-bond donors (Lipinski definition) is 0. The Morgan fingerprint density at radius 1 is 0.920 bits per heavy atom. The molecule has 0 aliphatic carbocycles. The number of carbonyl (C=O) groups is 1. The summed E-state index contributed by atoms with van der Waals surface area (Å²) in [5, 5.41) is 1.87. The lowest BCUT2D eigenvalue weighted by atomic mass is 10.1. The van der Waals surface area contributed by atoms with Crippen molar-refractivity contribution in [1.29, 1.82) is 0 Å². The van der Waals surface area contributed by atoms with Gasteiger partial charge in [0.15, 0.2) is 11.5 Å².